The minimum Gasteiger partial charge on any atom is -0.444 e. The summed E-state index contributed by atoms with van der Waals surface area (Å²) in [7, 11) is 0. The number of likely N-dealkylation sites (tertiary alicyclic amines) is 1. The minimum absolute atomic E-state index is 0.00217. The lowest BCUT2D eigenvalue weighted by Gasteiger charge is -2.26. The number of carbonyl (C=O) groups excluding carboxylic acids is 1. The van der Waals surface area contributed by atoms with Crippen LogP contribution in [0.3, 0.4) is 0 Å². The smallest absolute Gasteiger partial charge is 0.410 e. The molecule has 0 saturated carbocycles. The molecule has 3 rings (SSSR count). The third kappa shape index (κ3) is 5.86. The molecule has 166 valence electrons. The molecule has 0 aromatic carbocycles. The van der Waals surface area contributed by atoms with Crippen molar-refractivity contribution in [2.45, 2.75) is 45.3 Å². The number of morpholine rings is 1. The summed E-state index contributed by atoms with van der Waals surface area (Å²) in [5, 5.41) is 17.6. The highest BCUT2D eigenvalue weighted by Gasteiger charge is 2.33. The van der Waals surface area contributed by atoms with Crippen molar-refractivity contribution >= 4 is 27.8 Å². The van der Waals surface area contributed by atoms with Crippen LogP contribution in [-0.2, 0) is 9.47 Å². The van der Waals surface area contributed by atoms with Crippen LogP contribution in [0.4, 0.5) is 10.6 Å². The molecule has 2 saturated heterocycles. The van der Waals surface area contributed by atoms with Crippen LogP contribution in [-0.4, -0.2) is 83.8 Å². The Labute approximate surface area is 186 Å². The van der Waals surface area contributed by atoms with Gasteiger partial charge in [-0.3, -0.25) is 4.90 Å². The van der Waals surface area contributed by atoms with E-state index in [1.807, 2.05) is 25.5 Å². The van der Waals surface area contributed by atoms with E-state index < -0.39 is 5.60 Å². The fourth-order valence-corrected chi connectivity index (χ4v) is 4.15. The molecule has 2 aliphatic rings. The maximum Gasteiger partial charge on any atom is 0.410 e. The van der Waals surface area contributed by atoms with Crippen LogP contribution >= 0.6 is 15.9 Å². The third-order valence-corrected chi connectivity index (χ3v) is 5.74. The van der Waals surface area contributed by atoms with Gasteiger partial charge in [0, 0.05) is 32.7 Å². The largest absolute Gasteiger partial charge is 0.444 e. The highest BCUT2D eigenvalue weighted by Crippen LogP contribution is 2.31. The summed E-state index contributed by atoms with van der Waals surface area (Å²) >= 11 is 3.41. The molecule has 1 N–H and O–H groups in total. The Morgan fingerprint density at radius 3 is 2.77 bits per heavy atom. The van der Waals surface area contributed by atoms with E-state index in [9.17, 15) is 10.1 Å². The maximum absolute atomic E-state index is 12.4. The van der Waals surface area contributed by atoms with E-state index in [0.29, 0.717) is 29.1 Å². The second-order valence-corrected chi connectivity index (χ2v) is 9.43. The second-order valence-electron chi connectivity index (χ2n) is 8.67. The minimum atomic E-state index is -0.523. The van der Waals surface area contributed by atoms with Gasteiger partial charge in [0.25, 0.3) is 0 Å². The quantitative estimate of drug-likeness (QED) is 0.622. The molecule has 30 heavy (non-hydrogen) atoms. The molecule has 0 radical (unpaired) electrons. The number of hydrogen-bond donors (Lipinski definition) is 1. The second kappa shape index (κ2) is 9.98. The SMILES string of the molecule is CC(C)(C)OC(=O)N1CC[C@H](n2nc(Br)c(C#N)c2NCCCN2CCOCC2)C1. The molecule has 3 heterocycles. The van der Waals surface area contributed by atoms with Crippen molar-refractivity contribution in [3.63, 3.8) is 0 Å². The fourth-order valence-electron chi connectivity index (χ4n) is 3.71. The lowest BCUT2D eigenvalue weighted by atomic mass is 10.2. The van der Waals surface area contributed by atoms with E-state index in [-0.39, 0.29) is 12.1 Å². The zero-order valence-electron chi connectivity index (χ0n) is 18.0. The highest BCUT2D eigenvalue weighted by molar-refractivity contribution is 9.10. The molecule has 10 heteroatoms. The Morgan fingerprint density at radius 1 is 1.37 bits per heavy atom. The molecular weight excluding hydrogens is 452 g/mol. The van der Waals surface area contributed by atoms with Crippen LogP contribution in [0.25, 0.3) is 0 Å². The monoisotopic (exact) mass is 482 g/mol. The average Bonchev–Trinajstić information content (AvgIpc) is 3.29. The lowest BCUT2D eigenvalue weighted by molar-refractivity contribution is 0.0288. The Hall–Kier alpha value is -1.83. The van der Waals surface area contributed by atoms with Gasteiger partial charge < -0.3 is 19.7 Å². The number of anilines is 1. The first-order valence-corrected chi connectivity index (χ1v) is 11.3. The van der Waals surface area contributed by atoms with Gasteiger partial charge in [-0.25, -0.2) is 9.48 Å². The number of ether oxygens (including phenoxy) is 2. The zero-order valence-corrected chi connectivity index (χ0v) is 19.6. The van der Waals surface area contributed by atoms with Gasteiger partial charge >= 0.3 is 6.09 Å². The number of rotatable bonds is 6. The van der Waals surface area contributed by atoms with Gasteiger partial charge in [0.05, 0.1) is 19.3 Å². The number of hydrogen-bond acceptors (Lipinski definition) is 7. The van der Waals surface area contributed by atoms with Crippen molar-refractivity contribution in [2.24, 2.45) is 0 Å². The molecule has 0 aliphatic carbocycles. The van der Waals surface area contributed by atoms with Gasteiger partial charge in [-0.05, 0) is 56.1 Å². The van der Waals surface area contributed by atoms with Gasteiger partial charge in [-0.2, -0.15) is 10.4 Å². The molecule has 1 aromatic heterocycles. The molecule has 2 fully saturated rings. The number of halogens is 1. The summed E-state index contributed by atoms with van der Waals surface area (Å²) in [6.45, 7) is 12.0. The molecule has 1 aromatic rings. The standard InChI is InChI=1S/C20H31BrN6O3/c1-20(2,3)30-19(28)26-8-5-15(14-26)27-18(16(13-22)17(21)24-27)23-6-4-7-25-9-11-29-12-10-25/h15,23H,4-12,14H2,1-3H3/t15-/m0/s1. The van der Waals surface area contributed by atoms with Crippen LogP contribution in [0.5, 0.6) is 0 Å². The van der Waals surface area contributed by atoms with E-state index in [0.717, 1.165) is 52.2 Å². The fraction of sp³-hybridized carbons (Fsp3) is 0.750. The van der Waals surface area contributed by atoms with Crippen molar-refractivity contribution in [1.82, 2.24) is 19.6 Å². The van der Waals surface area contributed by atoms with Gasteiger partial charge in [0.2, 0.25) is 0 Å². The van der Waals surface area contributed by atoms with Crippen LogP contribution in [0.2, 0.25) is 0 Å². The summed E-state index contributed by atoms with van der Waals surface area (Å²) in [4.78, 5) is 16.5. The molecule has 0 spiro atoms. The van der Waals surface area contributed by atoms with E-state index >= 15 is 0 Å². The normalized spacial score (nSPS) is 20.2. The molecule has 1 atom stereocenters. The molecule has 0 bridgehead atoms. The Bertz CT molecular complexity index is 779. The first-order chi connectivity index (χ1) is 14.3. The molecule has 2 aliphatic heterocycles. The van der Waals surface area contributed by atoms with Crippen molar-refractivity contribution in [3.8, 4) is 6.07 Å². The number of carbonyl (C=O) groups is 1. The first-order valence-electron chi connectivity index (χ1n) is 10.5. The van der Waals surface area contributed by atoms with Crippen molar-refractivity contribution in [1.29, 1.82) is 5.26 Å². The molecule has 1 amide bonds. The number of aromatic nitrogens is 2. The highest BCUT2D eigenvalue weighted by atomic mass is 79.9. The van der Waals surface area contributed by atoms with Gasteiger partial charge in [-0.15, -0.1) is 0 Å². The lowest BCUT2D eigenvalue weighted by Crippen LogP contribution is -2.37. The Balaban J connectivity index is 1.61. The van der Waals surface area contributed by atoms with Crippen molar-refractivity contribution < 1.29 is 14.3 Å². The number of nitrogens with one attached hydrogen (secondary N) is 1. The van der Waals surface area contributed by atoms with E-state index in [1.54, 1.807) is 4.90 Å². The van der Waals surface area contributed by atoms with E-state index in [2.05, 4.69) is 37.3 Å². The topological polar surface area (TPSA) is 95.7 Å². The third-order valence-electron chi connectivity index (χ3n) is 5.19. The van der Waals surface area contributed by atoms with Crippen LogP contribution in [0.15, 0.2) is 4.60 Å². The number of nitrogens with zero attached hydrogens (tertiary/aromatic N) is 5. The predicted octanol–water partition coefficient (Wildman–Crippen LogP) is 2.83. The summed E-state index contributed by atoms with van der Waals surface area (Å²) in [6.07, 6.45) is 1.42. The summed E-state index contributed by atoms with van der Waals surface area (Å²) < 4.78 is 13.2. The van der Waals surface area contributed by atoms with Crippen LogP contribution in [0, 0.1) is 11.3 Å². The first kappa shape index (κ1) is 22.8. The Kier molecular flexibility index (Phi) is 7.60. The van der Waals surface area contributed by atoms with Gasteiger partial charge in [0.15, 0.2) is 0 Å². The summed E-state index contributed by atoms with van der Waals surface area (Å²) in [6, 6.07) is 2.24. The van der Waals surface area contributed by atoms with Crippen molar-refractivity contribution in [3.05, 3.63) is 10.2 Å². The Morgan fingerprint density at radius 2 is 2.10 bits per heavy atom. The van der Waals surface area contributed by atoms with Crippen molar-refractivity contribution in [2.75, 3.05) is 57.8 Å². The predicted molar refractivity (Wildman–Crippen MR) is 116 cm³/mol. The summed E-state index contributed by atoms with van der Waals surface area (Å²) in [5.74, 6) is 0.711. The van der Waals surface area contributed by atoms with E-state index in [1.165, 1.54) is 0 Å². The molecule has 0 unspecified atom stereocenters. The van der Waals surface area contributed by atoms with Gasteiger partial charge in [0.1, 0.15) is 27.7 Å². The van der Waals surface area contributed by atoms with Crippen LogP contribution < -0.4 is 5.32 Å². The van der Waals surface area contributed by atoms with Crippen LogP contribution in [0.1, 0.15) is 45.2 Å². The van der Waals surface area contributed by atoms with E-state index in [4.69, 9.17) is 9.47 Å². The van der Waals surface area contributed by atoms with Gasteiger partial charge in [-0.1, -0.05) is 0 Å². The maximum atomic E-state index is 12.4. The average molecular weight is 483 g/mol. The molecule has 9 nitrogen and oxygen atoms in total. The zero-order chi connectivity index (χ0) is 21.7. The molecular formula is C20H31BrN6O3. The number of amides is 1. The number of nitriles is 1. The summed E-state index contributed by atoms with van der Waals surface area (Å²) in [5.41, 5.74) is -0.0254.